The highest BCUT2D eigenvalue weighted by molar-refractivity contribution is 8.00. The molecular weight excluding hydrogens is 755 g/mol. The standard InChI is InChI=1S/C41H55N5O10S/c47-30(19-16-27-14-17-28(18-15-27)41(55)56-46-35(49)22-23-36(46)50)12-6-2-8-24-45-37(51)26-33(40(45)54)57-25-9-3-7-13-31(38(52)42-29-10-4-1-5-11-29)44-39(53)32-20-21-34(48)43-32/h1,4-5,10-11,27-28,31-33H,2-3,6-9,12-26H2,(H,42,52)(H,43,48)(H,44,53)/t27?,28?,31-,32+,33?/m0/s1. The Morgan fingerprint density at radius 1 is 0.807 bits per heavy atom. The van der Waals surface area contributed by atoms with Crippen LogP contribution < -0.4 is 16.0 Å². The lowest BCUT2D eigenvalue weighted by molar-refractivity contribution is -0.201. The Labute approximate surface area is 337 Å². The van der Waals surface area contributed by atoms with Crippen LogP contribution in [0.15, 0.2) is 30.3 Å². The quantitative estimate of drug-likeness (QED) is 0.112. The first kappa shape index (κ1) is 43.5. The fourth-order valence-corrected chi connectivity index (χ4v) is 8.93. The third-order valence-corrected chi connectivity index (χ3v) is 12.5. The average molecular weight is 810 g/mol. The van der Waals surface area contributed by atoms with E-state index in [1.165, 1.54) is 16.7 Å². The van der Waals surface area contributed by atoms with Gasteiger partial charge in [-0.15, -0.1) is 16.8 Å². The van der Waals surface area contributed by atoms with Crippen molar-refractivity contribution < 1.29 is 48.0 Å². The Bertz CT molecular complexity index is 1630. The number of hydrogen-bond acceptors (Lipinski definition) is 11. The van der Waals surface area contributed by atoms with Crippen molar-refractivity contribution in [3.63, 3.8) is 0 Å². The number of ketones is 1. The highest BCUT2D eigenvalue weighted by atomic mass is 32.2. The third-order valence-electron chi connectivity index (χ3n) is 11.2. The number of carbonyl (C=O) groups excluding carboxylic acids is 9. The van der Waals surface area contributed by atoms with Crippen LogP contribution in [0.25, 0.3) is 0 Å². The largest absolute Gasteiger partial charge is 0.344 e. The molecule has 16 heteroatoms. The molecule has 0 bridgehead atoms. The minimum atomic E-state index is -0.773. The second-order valence-corrected chi connectivity index (χ2v) is 16.8. The Kier molecular flexibility index (Phi) is 16.6. The van der Waals surface area contributed by atoms with Crippen molar-refractivity contribution >= 4 is 70.6 Å². The molecule has 3 saturated heterocycles. The van der Waals surface area contributed by atoms with Gasteiger partial charge in [-0.25, -0.2) is 4.79 Å². The number of unbranched alkanes of at least 4 members (excludes halogenated alkanes) is 4. The lowest BCUT2D eigenvalue weighted by atomic mass is 9.79. The second-order valence-electron chi connectivity index (χ2n) is 15.5. The summed E-state index contributed by atoms with van der Waals surface area (Å²) in [5, 5.41) is 8.48. The lowest BCUT2D eigenvalue weighted by Gasteiger charge is -2.27. The summed E-state index contributed by atoms with van der Waals surface area (Å²) in [6.45, 7) is 0.345. The molecule has 7 amide bonds. The summed E-state index contributed by atoms with van der Waals surface area (Å²) >= 11 is 1.47. The minimum absolute atomic E-state index is 0.0636. The molecule has 3 heterocycles. The molecule has 15 nitrogen and oxygen atoms in total. The number of Topliss-reactive ketones (excluding diaryl/α,β-unsaturated/α-hetero) is 1. The second kappa shape index (κ2) is 21.8. The summed E-state index contributed by atoms with van der Waals surface area (Å²) in [6.07, 6.45) is 10.1. The molecule has 3 N–H and O–H groups in total. The van der Waals surface area contributed by atoms with Crippen LogP contribution in [0.4, 0.5) is 5.69 Å². The number of para-hydroxylation sites is 1. The zero-order chi connectivity index (χ0) is 40.7. The molecule has 4 fully saturated rings. The number of hydroxylamine groups is 2. The number of rotatable bonds is 22. The zero-order valence-corrected chi connectivity index (χ0v) is 33.3. The van der Waals surface area contributed by atoms with Gasteiger partial charge in [0.05, 0.1) is 11.2 Å². The van der Waals surface area contributed by atoms with E-state index in [1.807, 2.05) is 6.07 Å². The predicted molar refractivity (Wildman–Crippen MR) is 210 cm³/mol. The fourth-order valence-electron chi connectivity index (χ4n) is 7.74. The molecule has 0 spiro atoms. The Balaban J connectivity index is 0.905. The molecule has 1 aliphatic carbocycles. The van der Waals surface area contributed by atoms with E-state index in [-0.39, 0.29) is 66.9 Å². The first-order valence-corrected chi connectivity index (χ1v) is 21.5. The van der Waals surface area contributed by atoms with Gasteiger partial charge in [-0.3, -0.25) is 43.3 Å². The normalized spacial score (nSPS) is 22.8. The Morgan fingerprint density at radius 3 is 2.23 bits per heavy atom. The van der Waals surface area contributed by atoms with E-state index < -0.39 is 35.1 Å². The molecule has 310 valence electrons. The Hall–Kier alpha value is -4.60. The van der Waals surface area contributed by atoms with Crippen molar-refractivity contribution in [2.75, 3.05) is 17.6 Å². The van der Waals surface area contributed by atoms with E-state index >= 15 is 0 Å². The van der Waals surface area contributed by atoms with Crippen LogP contribution in [-0.2, 0) is 48.0 Å². The summed E-state index contributed by atoms with van der Waals surface area (Å²) < 4.78 is 0. The number of imide groups is 2. The smallest absolute Gasteiger partial charge is 0.336 e. The van der Waals surface area contributed by atoms with Gasteiger partial charge in [-0.1, -0.05) is 37.5 Å². The van der Waals surface area contributed by atoms with Crippen LogP contribution in [0.1, 0.15) is 122 Å². The number of thioether (sulfide) groups is 1. The van der Waals surface area contributed by atoms with Crippen LogP contribution in [-0.4, -0.2) is 92.7 Å². The molecule has 0 aromatic heterocycles. The number of carbonyl (C=O) groups is 9. The van der Waals surface area contributed by atoms with Gasteiger partial charge in [0.25, 0.3) is 11.8 Å². The van der Waals surface area contributed by atoms with Gasteiger partial charge in [0.1, 0.15) is 17.9 Å². The molecule has 3 atom stereocenters. The first-order chi connectivity index (χ1) is 27.5. The fraction of sp³-hybridized carbons (Fsp3) is 0.634. The zero-order valence-electron chi connectivity index (χ0n) is 32.5. The number of hydrogen-bond donors (Lipinski definition) is 3. The van der Waals surface area contributed by atoms with Gasteiger partial charge in [0.15, 0.2) is 0 Å². The number of anilines is 1. The van der Waals surface area contributed by atoms with E-state index in [9.17, 15) is 43.2 Å². The summed E-state index contributed by atoms with van der Waals surface area (Å²) in [6, 6.07) is 7.56. The minimum Gasteiger partial charge on any atom is -0.344 e. The van der Waals surface area contributed by atoms with E-state index in [0.29, 0.717) is 86.8 Å². The molecule has 3 aliphatic heterocycles. The molecule has 1 aromatic carbocycles. The van der Waals surface area contributed by atoms with E-state index in [1.54, 1.807) is 24.3 Å². The molecular formula is C41H55N5O10S. The predicted octanol–water partition coefficient (Wildman–Crippen LogP) is 4.13. The molecule has 57 heavy (non-hydrogen) atoms. The summed E-state index contributed by atoms with van der Waals surface area (Å²) in [5.41, 5.74) is 0.620. The van der Waals surface area contributed by atoms with Crippen molar-refractivity contribution in [3.05, 3.63) is 30.3 Å². The van der Waals surface area contributed by atoms with Gasteiger partial charge in [0, 0.05) is 50.8 Å². The van der Waals surface area contributed by atoms with E-state index in [2.05, 4.69) is 16.0 Å². The van der Waals surface area contributed by atoms with Crippen molar-refractivity contribution in [1.29, 1.82) is 0 Å². The highest BCUT2D eigenvalue weighted by Gasteiger charge is 2.39. The maximum Gasteiger partial charge on any atom is 0.336 e. The van der Waals surface area contributed by atoms with Gasteiger partial charge in [0.2, 0.25) is 29.5 Å². The lowest BCUT2D eigenvalue weighted by Crippen LogP contribution is -2.50. The monoisotopic (exact) mass is 809 g/mol. The molecule has 1 unspecified atom stereocenters. The third kappa shape index (κ3) is 13.2. The van der Waals surface area contributed by atoms with Crippen LogP contribution in [0.3, 0.4) is 0 Å². The number of benzene rings is 1. The van der Waals surface area contributed by atoms with Crippen LogP contribution in [0.5, 0.6) is 0 Å². The topological polar surface area (TPSA) is 205 Å². The van der Waals surface area contributed by atoms with Crippen molar-refractivity contribution in [1.82, 2.24) is 20.6 Å². The molecule has 1 aromatic rings. The number of nitrogens with zero attached hydrogens (tertiary/aromatic N) is 2. The molecule has 1 saturated carbocycles. The van der Waals surface area contributed by atoms with Crippen LogP contribution >= 0.6 is 11.8 Å². The molecule has 5 rings (SSSR count). The molecule has 4 aliphatic rings. The average Bonchev–Trinajstić information content (AvgIpc) is 3.87. The van der Waals surface area contributed by atoms with E-state index in [4.69, 9.17) is 4.84 Å². The van der Waals surface area contributed by atoms with Gasteiger partial charge >= 0.3 is 5.97 Å². The number of amides is 7. The summed E-state index contributed by atoms with van der Waals surface area (Å²) in [7, 11) is 0. The SMILES string of the molecule is O=C(CCCCCN1C(=O)CC(SCCCCC[C@H](NC(=O)[C@H]2CCC(=O)N2)C(=O)Nc2ccccc2)C1=O)CCC1CCC(C(=O)ON2C(=O)CCC2=O)CC1. The van der Waals surface area contributed by atoms with Crippen molar-refractivity contribution in [3.8, 4) is 0 Å². The maximum atomic E-state index is 13.1. The first-order valence-electron chi connectivity index (χ1n) is 20.5. The summed E-state index contributed by atoms with van der Waals surface area (Å²) in [4.78, 5) is 118. The van der Waals surface area contributed by atoms with Crippen molar-refractivity contribution in [2.45, 2.75) is 139 Å². The number of nitrogens with one attached hydrogen (secondary N) is 3. The van der Waals surface area contributed by atoms with Crippen molar-refractivity contribution in [2.24, 2.45) is 11.8 Å². The van der Waals surface area contributed by atoms with Crippen LogP contribution in [0, 0.1) is 11.8 Å². The van der Waals surface area contributed by atoms with Gasteiger partial charge in [-0.2, -0.15) is 0 Å². The molecule has 0 radical (unpaired) electrons. The number of likely N-dealkylation sites (tertiary alicyclic amines) is 1. The highest BCUT2D eigenvalue weighted by Crippen LogP contribution is 2.33. The van der Waals surface area contributed by atoms with Gasteiger partial charge in [-0.05, 0) is 88.0 Å². The van der Waals surface area contributed by atoms with E-state index in [0.717, 1.165) is 38.5 Å². The van der Waals surface area contributed by atoms with Gasteiger partial charge < -0.3 is 20.8 Å². The maximum absolute atomic E-state index is 13.1. The summed E-state index contributed by atoms with van der Waals surface area (Å²) in [5.74, 6) is -1.89. The Morgan fingerprint density at radius 2 is 1.53 bits per heavy atom. The van der Waals surface area contributed by atoms with Crippen LogP contribution in [0.2, 0.25) is 0 Å².